The second-order valence-electron chi connectivity index (χ2n) is 3.90. The number of halogens is 2. The fourth-order valence-electron chi connectivity index (χ4n) is 1.30. The number of carbonyl (C=O) groups excluding carboxylic acids is 1. The van der Waals surface area contributed by atoms with E-state index >= 15 is 0 Å². The van der Waals surface area contributed by atoms with Gasteiger partial charge in [-0.2, -0.15) is 0 Å². The second-order valence-corrected chi connectivity index (χ2v) is 3.90. The molecule has 0 radical (unpaired) electrons. The zero-order valence-electron chi connectivity index (χ0n) is 9.54. The van der Waals surface area contributed by atoms with E-state index in [1.807, 2.05) is 0 Å². The zero-order valence-corrected chi connectivity index (χ0v) is 9.54. The number of rotatable bonds is 5. The van der Waals surface area contributed by atoms with Crippen molar-refractivity contribution in [1.29, 1.82) is 0 Å². The standard InChI is InChI=1S/C12H15F2NO2/c1-8(16)7-15-12(17)5-3-9-2-4-10(13)11(14)6-9/h2,4,6,8,16H,3,5,7H2,1H3,(H,15,17). The van der Waals surface area contributed by atoms with E-state index in [0.29, 0.717) is 12.0 Å². The smallest absolute Gasteiger partial charge is 0.220 e. The Morgan fingerprint density at radius 2 is 2.12 bits per heavy atom. The molecule has 0 saturated carbocycles. The Kier molecular flexibility index (Phi) is 5.03. The fourth-order valence-corrected chi connectivity index (χ4v) is 1.30. The summed E-state index contributed by atoms with van der Waals surface area (Å²) in [6.45, 7) is 1.76. The highest BCUT2D eigenvalue weighted by Crippen LogP contribution is 2.10. The Labute approximate surface area is 98.5 Å². The SMILES string of the molecule is CC(O)CNC(=O)CCc1ccc(F)c(F)c1. The molecule has 1 amide bonds. The van der Waals surface area contributed by atoms with Crippen LogP contribution in [0.1, 0.15) is 18.9 Å². The van der Waals surface area contributed by atoms with E-state index in [2.05, 4.69) is 5.32 Å². The van der Waals surface area contributed by atoms with Crippen molar-refractivity contribution < 1.29 is 18.7 Å². The average molecular weight is 243 g/mol. The third-order valence-electron chi connectivity index (χ3n) is 2.22. The highest BCUT2D eigenvalue weighted by atomic mass is 19.2. The molecule has 1 aromatic carbocycles. The van der Waals surface area contributed by atoms with Gasteiger partial charge < -0.3 is 10.4 Å². The van der Waals surface area contributed by atoms with Gasteiger partial charge in [0.15, 0.2) is 11.6 Å². The summed E-state index contributed by atoms with van der Waals surface area (Å²) in [5, 5.41) is 11.5. The third-order valence-corrected chi connectivity index (χ3v) is 2.22. The van der Waals surface area contributed by atoms with E-state index in [4.69, 9.17) is 5.11 Å². The Morgan fingerprint density at radius 3 is 2.71 bits per heavy atom. The molecular formula is C12H15F2NO2. The van der Waals surface area contributed by atoms with Crippen LogP contribution >= 0.6 is 0 Å². The molecule has 0 saturated heterocycles. The largest absolute Gasteiger partial charge is 0.392 e. The van der Waals surface area contributed by atoms with Crippen LogP contribution in [-0.2, 0) is 11.2 Å². The number of aliphatic hydroxyl groups is 1. The minimum Gasteiger partial charge on any atom is -0.392 e. The van der Waals surface area contributed by atoms with Crippen LogP contribution in [0.25, 0.3) is 0 Å². The fraction of sp³-hybridized carbons (Fsp3) is 0.417. The van der Waals surface area contributed by atoms with Gasteiger partial charge >= 0.3 is 0 Å². The molecule has 94 valence electrons. The number of aliphatic hydroxyl groups excluding tert-OH is 1. The summed E-state index contributed by atoms with van der Waals surface area (Å²) in [7, 11) is 0. The second kappa shape index (κ2) is 6.30. The predicted molar refractivity (Wildman–Crippen MR) is 59.4 cm³/mol. The molecule has 1 rings (SSSR count). The van der Waals surface area contributed by atoms with Crippen LogP contribution in [0.2, 0.25) is 0 Å². The van der Waals surface area contributed by atoms with Gasteiger partial charge in [0.05, 0.1) is 6.10 Å². The first-order chi connectivity index (χ1) is 7.99. The van der Waals surface area contributed by atoms with Gasteiger partial charge in [-0.25, -0.2) is 8.78 Å². The van der Waals surface area contributed by atoms with Crippen LogP contribution in [0.3, 0.4) is 0 Å². The number of benzene rings is 1. The van der Waals surface area contributed by atoms with E-state index in [9.17, 15) is 13.6 Å². The number of carbonyl (C=O) groups is 1. The number of nitrogens with one attached hydrogen (secondary N) is 1. The normalized spacial score (nSPS) is 12.2. The maximum atomic E-state index is 12.8. The van der Waals surface area contributed by atoms with Crippen LogP contribution in [0.5, 0.6) is 0 Å². The molecule has 0 spiro atoms. The first kappa shape index (κ1) is 13.6. The molecule has 0 aliphatic heterocycles. The molecule has 0 aliphatic carbocycles. The van der Waals surface area contributed by atoms with Gasteiger partial charge in [-0.1, -0.05) is 6.07 Å². The van der Waals surface area contributed by atoms with Crippen LogP contribution < -0.4 is 5.32 Å². The topological polar surface area (TPSA) is 49.3 Å². The van der Waals surface area contributed by atoms with Crippen LogP contribution in [0.4, 0.5) is 8.78 Å². The molecular weight excluding hydrogens is 228 g/mol. The summed E-state index contributed by atoms with van der Waals surface area (Å²) in [6.07, 6.45) is -0.0807. The van der Waals surface area contributed by atoms with E-state index in [-0.39, 0.29) is 18.9 Å². The molecule has 17 heavy (non-hydrogen) atoms. The quantitative estimate of drug-likeness (QED) is 0.821. The van der Waals surface area contributed by atoms with Crippen molar-refractivity contribution >= 4 is 5.91 Å². The van der Waals surface area contributed by atoms with E-state index in [1.54, 1.807) is 6.92 Å². The maximum absolute atomic E-state index is 12.8. The number of hydrogen-bond donors (Lipinski definition) is 2. The minimum atomic E-state index is -0.910. The number of hydrogen-bond acceptors (Lipinski definition) is 2. The van der Waals surface area contributed by atoms with Crippen LogP contribution in [0.15, 0.2) is 18.2 Å². The van der Waals surface area contributed by atoms with Gasteiger partial charge in [-0.15, -0.1) is 0 Å². The van der Waals surface area contributed by atoms with Crippen molar-refractivity contribution in [3.05, 3.63) is 35.4 Å². The molecule has 3 nitrogen and oxygen atoms in total. The average Bonchev–Trinajstić information content (AvgIpc) is 2.28. The molecule has 0 heterocycles. The van der Waals surface area contributed by atoms with E-state index in [1.165, 1.54) is 6.07 Å². The monoisotopic (exact) mass is 243 g/mol. The summed E-state index contributed by atoms with van der Waals surface area (Å²) >= 11 is 0. The van der Waals surface area contributed by atoms with Crippen LogP contribution in [-0.4, -0.2) is 23.7 Å². The summed E-state index contributed by atoms with van der Waals surface area (Å²) in [5.41, 5.74) is 0.566. The molecule has 1 atom stereocenters. The van der Waals surface area contributed by atoms with Crippen molar-refractivity contribution in [2.45, 2.75) is 25.9 Å². The Hall–Kier alpha value is -1.49. The lowest BCUT2D eigenvalue weighted by molar-refractivity contribution is -0.121. The summed E-state index contributed by atoms with van der Waals surface area (Å²) in [6, 6.07) is 3.57. The van der Waals surface area contributed by atoms with Gasteiger partial charge in [0.25, 0.3) is 0 Å². The van der Waals surface area contributed by atoms with Gasteiger partial charge in [-0.3, -0.25) is 4.79 Å². The van der Waals surface area contributed by atoms with Gasteiger partial charge in [0.2, 0.25) is 5.91 Å². The highest BCUT2D eigenvalue weighted by molar-refractivity contribution is 5.76. The summed E-state index contributed by atoms with van der Waals surface area (Å²) in [5.74, 6) is -2.03. The van der Waals surface area contributed by atoms with Gasteiger partial charge in [-0.05, 0) is 31.0 Å². The highest BCUT2D eigenvalue weighted by Gasteiger charge is 2.06. The first-order valence-electron chi connectivity index (χ1n) is 5.37. The van der Waals surface area contributed by atoms with Crippen molar-refractivity contribution in [2.24, 2.45) is 0 Å². The molecule has 0 aromatic heterocycles. The molecule has 1 aromatic rings. The molecule has 0 fully saturated rings. The molecule has 1 unspecified atom stereocenters. The third kappa shape index (κ3) is 4.91. The van der Waals surface area contributed by atoms with Crippen molar-refractivity contribution in [3.8, 4) is 0 Å². The van der Waals surface area contributed by atoms with Gasteiger partial charge in [0.1, 0.15) is 0 Å². The van der Waals surface area contributed by atoms with E-state index < -0.39 is 17.7 Å². The predicted octanol–water partition coefficient (Wildman–Crippen LogP) is 1.39. The van der Waals surface area contributed by atoms with Crippen molar-refractivity contribution in [2.75, 3.05) is 6.54 Å². The van der Waals surface area contributed by atoms with Gasteiger partial charge in [0, 0.05) is 13.0 Å². The van der Waals surface area contributed by atoms with Crippen molar-refractivity contribution in [1.82, 2.24) is 5.32 Å². The first-order valence-corrected chi connectivity index (χ1v) is 5.37. The van der Waals surface area contributed by atoms with E-state index in [0.717, 1.165) is 12.1 Å². The lowest BCUT2D eigenvalue weighted by Gasteiger charge is -2.07. The maximum Gasteiger partial charge on any atom is 0.220 e. The molecule has 0 bridgehead atoms. The minimum absolute atomic E-state index is 0.178. The van der Waals surface area contributed by atoms with Crippen molar-refractivity contribution in [3.63, 3.8) is 0 Å². The summed E-state index contributed by atoms with van der Waals surface area (Å²) in [4.78, 5) is 11.3. The number of amides is 1. The zero-order chi connectivity index (χ0) is 12.8. The molecule has 0 aliphatic rings. The lowest BCUT2D eigenvalue weighted by Crippen LogP contribution is -2.30. The lowest BCUT2D eigenvalue weighted by atomic mass is 10.1. The molecule has 2 N–H and O–H groups in total. The Morgan fingerprint density at radius 1 is 1.41 bits per heavy atom. The Bertz CT molecular complexity index is 394. The van der Waals surface area contributed by atoms with Crippen LogP contribution in [0, 0.1) is 11.6 Å². The summed E-state index contributed by atoms with van der Waals surface area (Å²) < 4.78 is 25.5. The Balaban J connectivity index is 2.39. The number of aryl methyl sites for hydroxylation is 1. The molecule has 5 heteroatoms.